The van der Waals surface area contributed by atoms with Crippen molar-refractivity contribution in [3.63, 3.8) is 0 Å². The number of fused-ring (bicyclic) bond motifs is 13. The van der Waals surface area contributed by atoms with Crippen molar-refractivity contribution in [3.8, 4) is 39.4 Å². The molecule has 0 atom stereocenters. The Morgan fingerprint density at radius 3 is 1.22 bits per heavy atom. The van der Waals surface area contributed by atoms with Crippen molar-refractivity contribution >= 4 is 87.1 Å². The van der Waals surface area contributed by atoms with Crippen molar-refractivity contribution in [1.29, 1.82) is 0 Å². The summed E-state index contributed by atoms with van der Waals surface area (Å²) in [6, 6.07) is 83.9. The van der Waals surface area contributed by atoms with E-state index in [9.17, 15) is 0 Å². The molecule has 10 aromatic carbocycles. The van der Waals surface area contributed by atoms with E-state index in [1.807, 2.05) is 0 Å². The minimum atomic E-state index is 0.973. The van der Waals surface area contributed by atoms with E-state index in [1.165, 1.54) is 70.8 Å². The molecule has 0 radical (unpaired) electrons. The molecule has 65 heavy (non-hydrogen) atoms. The van der Waals surface area contributed by atoms with Crippen LogP contribution in [0.1, 0.15) is 0 Å². The molecular weight excluding hydrogens is 789 g/mol. The average Bonchev–Trinajstić information content (AvgIpc) is 4.02. The summed E-state index contributed by atoms with van der Waals surface area (Å²) in [6.45, 7) is 0. The van der Waals surface area contributed by atoms with Gasteiger partial charge in [-0.25, -0.2) is 4.98 Å². The number of nitrogens with zero attached hydrogens (tertiary/aromatic N) is 4. The van der Waals surface area contributed by atoms with E-state index in [-0.39, 0.29) is 0 Å². The zero-order valence-electron chi connectivity index (χ0n) is 35.2. The van der Waals surface area contributed by atoms with Crippen LogP contribution in [0.5, 0.6) is 0 Å². The zero-order valence-corrected chi connectivity index (χ0v) is 35.2. The Hall–Kier alpha value is -8.73. The monoisotopic (exact) mass is 826 g/mol. The lowest BCUT2D eigenvalue weighted by molar-refractivity contribution is 1.13. The van der Waals surface area contributed by atoms with Crippen molar-refractivity contribution in [2.24, 2.45) is 0 Å². The van der Waals surface area contributed by atoms with Gasteiger partial charge in [0, 0.05) is 65.7 Å². The van der Waals surface area contributed by atoms with Gasteiger partial charge in [0.1, 0.15) is 0 Å². The zero-order chi connectivity index (χ0) is 42.6. The molecule has 0 saturated carbocycles. The quantitative estimate of drug-likeness (QED) is 0.159. The van der Waals surface area contributed by atoms with Crippen LogP contribution in [0.4, 0.5) is 0 Å². The fourth-order valence-electron chi connectivity index (χ4n) is 10.8. The van der Waals surface area contributed by atoms with E-state index in [0.29, 0.717) is 0 Å². The van der Waals surface area contributed by atoms with Crippen molar-refractivity contribution in [2.75, 3.05) is 0 Å². The standard InChI is InChI=1S/C61H38N4/c1-2-16-42(17-3-1)65-58-29-15-9-23-50(58)52-35-34-51-45-18-4-10-24-53(45)62-60(59(51)61(52)65)40-32-30-39(31-33-40)41-36-43(63-54-25-11-5-19-46(54)47-20-6-12-26-55(47)63)38-44(37-41)64-56-27-13-7-21-48(56)49-22-8-14-28-57(49)64/h1-38H. The highest BCUT2D eigenvalue weighted by molar-refractivity contribution is 6.26. The van der Waals surface area contributed by atoms with E-state index in [4.69, 9.17) is 4.98 Å². The Morgan fingerprint density at radius 1 is 0.262 bits per heavy atom. The lowest BCUT2D eigenvalue weighted by Gasteiger charge is -2.17. The maximum atomic E-state index is 5.52. The summed E-state index contributed by atoms with van der Waals surface area (Å²) in [5.74, 6) is 0. The van der Waals surface area contributed by atoms with Gasteiger partial charge in [-0.15, -0.1) is 0 Å². The lowest BCUT2D eigenvalue weighted by atomic mass is 9.96. The van der Waals surface area contributed by atoms with E-state index in [1.54, 1.807) is 0 Å². The number of benzene rings is 10. The number of hydrogen-bond acceptors (Lipinski definition) is 1. The minimum absolute atomic E-state index is 0.973. The van der Waals surface area contributed by atoms with Gasteiger partial charge in [0.05, 0.1) is 44.3 Å². The molecule has 0 fully saturated rings. The Kier molecular flexibility index (Phi) is 7.65. The lowest BCUT2D eigenvalue weighted by Crippen LogP contribution is -2.00. The van der Waals surface area contributed by atoms with Gasteiger partial charge in [0.2, 0.25) is 0 Å². The van der Waals surface area contributed by atoms with E-state index < -0.39 is 0 Å². The summed E-state index contributed by atoms with van der Waals surface area (Å²) in [4.78, 5) is 5.52. The van der Waals surface area contributed by atoms with Crippen molar-refractivity contribution in [1.82, 2.24) is 18.7 Å². The molecule has 0 aliphatic carbocycles. The van der Waals surface area contributed by atoms with Crippen LogP contribution in [0.2, 0.25) is 0 Å². The van der Waals surface area contributed by atoms with Crippen LogP contribution in [-0.2, 0) is 0 Å². The van der Waals surface area contributed by atoms with Crippen LogP contribution < -0.4 is 0 Å². The summed E-state index contributed by atoms with van der Waals surface area (Å²) in [7, 11) is 0. The predicted octanol–water partition coefficient (Wildman–Crippen LogP) is 16.0. The first-order chi connectivity index (χ1) is 32.3. The van der Waals surface area contributed by atoms with Crippen LogP contribution in [0.15, 0.2) is 231 Å². The van der Waals surface area contributed by atoms with E-state index in [2.05, 4.69) is 244 Å². The number of pyridine rings is 1. The highest BCUT2D eigenvalue weighted by Crippen LogP contribution is 2.43. The molecule has 0 spiro atoms. The third-order valence-electron chi connectivity index (χ3n) is 13.6. The first kappa shape index (κ1) is 35.8. The van der Waals surface area contributed by atoms with Crippen molar-refractivity contribution < 1.29 is 0 Å². The highest BCUT2D eigenvalue weighted by atomic mass is 15.0. The maximum Gasteiger partial charge on any atom is 0.0809 e. The van der Waals surface area contributed by atoms with Gasteiger partial charge in [-0.05, 0) is 83.2 Å². The second kappa shape index (κ2) is 13.9. The van der Waals surface area contributed by atoms with E-state index in [0.717, 1.165) is 55.7 Å². The summed E-state index contributed by atoms with van der Waals surface area (Å²) in [5, 5.41) is 10.9. The topological polar surface area (TPSA) is 27.7 Å². The second-order valence-electron chi connectivity index (χ2n) is 17.1. The average molecular weight is 827 g/mol. The first-order valence-corrected chi connectivity index (χ1v) is 22.3. The maximum absolute atomic E-state index is 5.52. The van der Waals surface area contributed by atoms with Gasteiger partial charge in [0.15, 0.2) is 0 Å². The second-order valence-corrected chi connectivity index (χ2v) is 17.1. The van der Waals surface area contributed by atoms with Gasteiger partial charge in [0.25, 0.3) is 0 Å². The van der Waals surface area contributed by atoms with Gasteiger partial charge in [-0.3, -0.25) is 0 Å². The molecule has 4 heterocycles. The van der Waals surface area contributed by atoms with Crippen molar-refractivity contribution in [3.05, 3.63) is 231 Å². The van der Waals surface area contributed by atoms with Gasteiger partial charge in [-0.1, -0.05) is 164 Å². The minimum Gasteiger partial charge on any atom is -0.309 e. The Labute approximate surface area is 374 Å². The predicted molar refractivity (Wildman–Crippen MR) is 273 cm³/mol. The Morgan fingerprint density at radius 2 is 0.677 bits per heavy atom. The normalized spacial score (nSPS) is 12.0. The molecule has 0 unspecified atom stereocenters. The van der Waals surface area contributed by atoms with Crippen LogP contribution in [-0.4, -0.2) is 18.7 Å². The molecule has 0 amide bonds. The smallest absolute Gasteiger partial charge is 0.0809 e. The molecule has 4 aromatic heterocycles. The molecule has 0 N–H and O–H groups in total. The van der Waals surface area contributed by atoms with Crippen LogP contribution in [0.3, 0.4) is 0 Å². The number of rotatable bonds is 5. The van der Waals surface area contributed by atoms with E-state index >= 15 is 0 Å². The molecule has 4 heteroatoms. The number of hydrogen-bond donors (Lipinski definition) is 0. The Balaban J connectivity index is 1.02. The first-order valence-electron chi connectivity index (χ1n) is 22.3. The molecule has 0 aliphatic rings. The van der Waals surface area contributed by atoms with Crippen molar-refractivity contribution in [2.45, 2.75) is 0 Å². The number of aromatic nitrogens is 4. The largest absolute Gasteiger partial charge is 0.309 e. The van der Waals surface area contributed by atoms with Crippen LogP contribution >= 0.6 is 0 Å². The highest BCUT2D eigenvalue weighted by Gasteiger charge is 2.21. The van der Waals surface area contributed by atoms with Gasteiger partial charge < -0.3 is 13.7 Å². The fourth-order valence-corrected chi connectivity index (χ4v) is 10.8. The van der Waals surface area contributed by atoms with Gasteiger partial charge >= 0.3 is 0 Å². The summed E-state index contributed by atoms with van der Waals surface area (Å²) in [5.41, 5.74) is 15.7. The Bertz CT molecular complexity index is 3990. The molecule has 0 aliphatic heterocycles. The third kappa shape index (κ3) is 5.28. The fraction of sp³-hybridized carbons (Fsp3) is 0. The molecule has 0 saturated heterocycles. The molecular formula is C61H38N4. The molecule has 0 bridgehead atoms. The van der Waals surface area contributed by atoms with Gasteiger partial charge in [-0.2, -0.15) is 0 Å². The molecule has 4 nitrogen and oxygen atoms in total. The molecule has 14 rings (SSSR count). The van der Waals surface area contributed by atoms with Crippen LogP contribution in [0.25, 0.3) is 127 Å². The number of para-hydroxylation sites is 7. The molecule has 302 valence electrons. The van der Waals surface area contributed by atoms with Crippen LogP contribution in [0, 0.1) is 0 Å². The third-order valence-corrected chi connectivity index (χ3v) is 13.6. The summed E-state index contributed by atoms with van der Waals surface area (Å²) < 4.78 is 7.29. The SMILES string of the molecule is c1ccc(-n2c3ccccc3c3ccc4c5ccccc5nc(-c5ccc(-c6cc(-n7c8ccccc8c8ccccc87)cc(-n7c8ccccc8c8ccccc87)c6)cc5)c4c32)cc1. The summed E-state index contributed by atoms with van der Waals surface area (Å²) >= 11 is 0. The molecule has 14 aromatic rings. The summed E-state index contributed by atoms with van der Waals surface area (Å²) in [6.07, 6.45) is 0.